The molecule has 6 nitrogen and oxygen atoms in total. The molecule has 156 valence electrons. The van der Waals surface area contributed by atoms with E-state index < -0.39 is 0 Å². The number of carbonyl (C=O) groups excluding carboxylic acids is 1. The highest BCUT2D eigenvalue weighted by molar-refractivity contribution is 5.94. The van der Waals surface area contributed by atoms with Crippen LogP contribution < -0.4 is 4.74 Å². The van der Waals surface area contributed by atoms with Crippen LogP contribution in [0.25, 0.3) is 11.0 Å². The van der Waals surface area contributed by atoms with E-state index in [1.54, 1.807) is 0 Å². The highest BCUT2D eigenvalue weighted by Crippen LogP contribution is 2.28. The van der Waals surface area contributed by atoms with Crippen molar-refractivity contribution < 1.29 is 14.3 Å². The van der Waals surface area contributed by atoms with Crippen molar-refractivity contribution in [3.63, 3.8) is 0 Å². The summed E-state index contributed by atoms with van der Waals surface area (Å²) < 4.78 is 11.4. The molecular weight excluding hydrogens is 378 g/mol. The molecule has 2 saturated heterocycles. The molecule has 2 aliphatic heterocycles. The van der Waals surface area contributed by atoms with Crippen molar-refractivity contribution in [3.05, 3.63) is 59.9 Å². The molecule has 3 aromatic rings. The summed E-state index contributed by atoms with van der Waals surface area (Å²) in [6, 6.07) is 15.5. The van der Waals surface area contributed by atoms with Crippen LogP contribution in [0.1, 0.15) is 47.8 Å². The van der Waals surface area contributed by atoms with Gasteiger partial charge >= 0.3 is 0 Å². The summed E-state index contributed by atoms with van der Waals surface area (Å²) in [7, 11) is 0. The number of imidazole rings is 1. The molecule has 5 rings (SSSR count). The first-order chi connectivity index (χ1) is 14.8. The zero-order valence-corrected chi connectivity index (χ0v) is 17.0. The van der Waals surface area contributed by atoms with E-state index >= 15 is 0 Å². The Kier molecular flexibility index (Phi) is 5.41. The van der Waals surface area contributed by atoms with E-state index in [1.165, 1.54) is 0 Å². The van der Waals surface area contributed by atoms with E-state index in [4.69, 9.17) is 14.5 Å². The first kappa shape index (κ1) is 19.1. The Balaban J connectivity index is 1.22. The van der Waals surface area contributed by atoms with E-state index in [2.05, 4.69) is 4.98 Å². The predicted octanol–water partition coefficient (Wildman–Crippen LogP) is 4.14. The maximum Gasteiger partial charge on any atom is 0.253 e. The Morgan fingerprint density at radius 3 is 2.80 bits per heavy atom. The van der Waals surface area contributed by atoms with Crippen LogP contribution in [0.4, 0.5) is 0 Å². The summed E-state index contributed by atoms with van der Waals surface area (Å²) in [6.07, 6.45) is 4.37. The predicted molar refractivity (Wildman–Crippen MR) is 115 cm³/mol. The highest BCUT2D eigenvalue weighted by atomic mass is 16.5. The van der Waals surface area contributed by atoms with Crippen LogP contribution in [0, 0.1) is 0 Å². The molecular formula is C24H27N3O3. The molecule has 2 aromatic carbocycles. The van der Waals surface area contributed by atoms with Crippen LogP contribution in [0.15, 0.2) is 48.5 Å². The quantitative estimate of drug-likeness (QED) is 0.693. The van der Waals surface area contributed by atoms with Gasteiger partial charge < -0.3 is 19.4 Å². The minimum absolute atomic E-state index is 0.0708. The number of amides is 1. The number of piperidine rings is 1. The number of hydrogen-bond donors (Lipinski definition) is 1. The molecule has 2 fully saturated rings. The molecule has 2 unspecified atom stereocenters. The number of carbonyl (C=O) groups is 1. The number of rotatable bonds is 5. The lowest BCUT2D eigenvalue weighted by Gasteiger charge is -2.32. The minimum Gasteiger partial charge on any atom is -0.491 e. The van der Waals surface area contributed by atoms with Gasteiger partial charge in [-0.2, -0.15) is 0 Å². The number of nitrogens with one attached hydrogen (secondary N) is 1. The summed E-state index contributed by atoms with van der Waals surface area (Å²) in [5.41, 5.74) is 2.73. The third-order valence-corrected chi connectivity index (χ3v) is 6.06. The fourth-order valence-corrected chi connectivity index (χ4v) is 4.39. The third-order valence-electron chi connectivity index (χ3n) is 6.06. The third kappa shape index (κ3) is 4.05. The van der Waals surface area contributed by atoms with E-state index in [9.17, 15) is 4.79 Å². The SMILES string of the molecule is O=C(c1ccc(OCC2CCCO2)cc1)N1CCCC(c2nc3ccccc3[nH]2)C1. The van der Waals surface area contributed by atoms with E-state index in [0.29, 0.717) is 18.7 Å². The van der Waals surface area contributed by atoms with Gasteiger partial charge in [0.05, 0.1) is 17.1 Å². The van der Waals surface area contributed by atoms with Crippen molar-refractivity contribution in [2.75, 3.05) is 26.3 Å². The molecule has 6 heteroatoms. The average Bonchev–Trinajstić information content (AvgIpc) is 3.47. The van der Waals surface area contributed by atoms with Crippen molar-refractivity contribution >= 4 is 16.9 Å². The van der Waals surface area contributed by atoms with Gasteiger partial charge in [0.1, 0.15) is 18.2 Å². The molecule has 1 amide bonds. The van der Waals surface area contributed by atoms with Crippen LogP contribution in [0.3, 0.4) is 0 Å². The maximum absolute atomic E-state index is 13.1. The van der Waals surface area contributed by atoms with Crippen molar-refractivity contribution in [2.24, 2.45) is 0 Å². The molecule has 0 aliphatic carbocycles. The zero-order valence-electron chi connectivity index (χ0n) is 17.0. The topological polar surface area (TPSA) is 67.5 Å². The summed E-state index contributed by atoms with van der Waals surface area (Å²) in [6.45, 7) is 2.87. The van der Waals surface area contributed by atoms with Crippen molar-refractivity contribution in [3.8, 4) is 5.75 Å². The summed E-state index contributed by atoms with van der Waals surface area (Å²) >= 11 is 0. The van der Waals surface area contributed by atoms with Gasteiger partial charge in [-0.15, -0.1) is 0 Å². The van der Waals surface area contributed by atoms with Gasteiger partial charge in [0, 0.05) is 31.2 Å². The standard InChI is InChI=1S/C24H27N3O3/c28-24(17-9-11-19(12-10-17)30-16-20-6-4-14-29-20)27-13-3-5-18(15-27)23-25-21-7-1-2-8-22(21)26-23/h1-2,7-12,18,20H,3-6,13-16H2,(H,25,26). The number of ether oxygens (including phenoxy) is 2. The van der Waals surface area contributed by atoms with E-state index in [1.807, 2.05) is 53.4 Å². The molecule has 3 heterocycles. The lowest BCUT2D eigenvalue weighted by molar-refractivity contribution is 0.0676. The van der Waals surface area contributed by atoms with Crippen molar-refractivity contribution in [1.29, 1.82) is 0 Å². The van der Waals surface area contributed by atoms with E-state index in [0.717, 1.165) is 61.4 Å². The number of nitrogens with zero attached hydrogens (tertiary/aromatic N) is 2. The Hall–Kier alpha value is -2.86. The van der Waals surface area contributed by atoms with Crippen molar-refractivity contribution in [1.82, 2.24) is 14.9 Å². The molecule has 0 bridgehead atoms. The lowest BCUT2D eigenvalue weighted by Crippen LogP contribution is -2.39. The number of aromatic nitrogens is 2. The largest absolute Gasteiger partial charge is 0.491 e. The van der Waals surface area contributed by atoms with Crippen LogP contribution in [-0.4, -0.2) is 53.2 Å². The smallest absolute Gasteiger partial charge is 0.253 e. The minimum atomic E-state index is 0.0708. The lowest BCUT2D eigenvalue weighted by atomic mass is 9.96. The number of para-hydroxylation sites is 2. The van der Waals surface area contributed by atoms with Gasteiger partial charge in [-0.25, -0.2) is 4.98 Å². The second kappa shape index (κ2) is 8.48. The molecule has 1 aromatic heterocycles. The van der Waals surface area contributed by atoms with Crippen LogP contribution in [-0.2, 0) is 4.74 Å². The number of fused-ring (bicyclic) bond motifs is 1. The van der Waals surface area contributed by atoms with Crippen molar-refractivity contribution in [2.45, 2.75) is 37.7 Å². The number of H-pyrrole nitrogens is 1. The maximum atomic E-state index is 13.1. The molecule has 0 spiro atoms. The summed E-state index contributed by atoms with van der Waals surface area (Å²) in [5, 5.41) is 0. The molecule has 30 heavy (non-hydrogen) atoms. The summed E-state index contributed by atoms with van der Waals surface area (Å²) in [5.74, 6) is 2.07. The van der Waals surface area contributed by atoms with Crippen LogP contribution in [0.2, 0.25) is 0 Å². The van der Waals surface area contributed by atoms with Gasteiger partial charge in [-0.1, -0.05) is 12.1 Å². The van der Waals surface area contributed by atoms with Crippen LogP contribution >= 0.6 is 0 Å². The molecule has 2 aliphatic rings. The highest BCUT2D eigenvalue weighted by Gasteiger charge is 2.27. The van der Waals surface area contributed by atoms with Gasteiger partial charge in [0.25, 0.3) is 5.91 Å². The second-order valence-electron chi connectivity index (χ2n) is 8.20. The van der Waals surface area contributed by atoms with Gasteiger partial charge in [-0.3, -0.25) is 4.79 Å². The molecule has 0 saturated carbocycles. The number of likely N-dealkylation sites (tertiary alicyclic amines) is 1. The molecule has 0 radical (unpaired) electrons. The fraction of sp³-hybridized carbons (Fsp3) is 0.417. The van der Waals surface area contributed by atoms with Crippen LogP contribution in [0.5, 0.6) is 5.75 Å². The van der Waals surface area contributed by atoms with Gasteiger partial charge in [0.2, 0.25) is 0 Å². The zero-order chi connectivity index (χ0) is 20.3. The first-order valence-electron chi connectivity index (χ1n) is 10.8. The number of aromatic amines is 1. The summed E-state index contributed by atoms with van der Waals surface area (Å²) in [4.78, 5) is 23.2. The first-order valence-corrected chi connectivity index (χ1v) is 10.8. The van der Waals surface area contributed by atoms with Gasteiger partial charge in [-0.05, 0) is 62.1 Å². The van der Waals surface area contributed by atoms with E-state index in [-0.39, 0.29) is 17.9 Å². The Morgan fingerprint density at radius 2 is 2.00 bits per heavy atom. The Bertz CT molecular complexity index is 975. The average molecular weight is 405 g/mol. The number of benzene rings is 2. The normalized spacial score (nSPS) is 21.8. The monoisotopic (exact) mass is 405 g/mol. The Morgan fingerprint density at radius 1 is 1.13 bits per heavy atom. The number of hydrogen-bond acceptors (Lipinski definition) is 4. The molecule has 1 N–H and O–H groups in total. The fourth-order valence-electron chi connectivity index (χ4n) is 4.39. The Labute approximate surface area is 176 Å². The second-order valence-corrected chi connectivity index (χ2v) is 8.20. The van der Waals surface area contributed by atoms with Gasteiger partial charge in [0.15, 0.2) is 0 Å². The molecule has 2 atom stereocenters.